The highest BCUT2D eigenvalue weighted by atomic mass is 19.1. The molecular weight excluding hydrogens is 269 g/mol. The minimum atomic E-state index is -0.550. The topological polar surface area (TPSA) is 40.5 Å². The first-order valence-corrected chi connectivity index (χ1v) is 7.32. The fourth-order valence-electron chi connectivity index (χ4n) is 1.91. The lowest BCUT2D eigenvalue weighted by atomic mass is 10.1. The summed E-state index contributed by atoms with van der Waals surface area (Å²) in [6.07, 6.45) is 2.25. The standard InChI is InChI=1S/C17H22FNO2/c1-3-5-11-19(4-2)17(21)15-10-9-14(13-16(15)18)8-6-7-12-20/h9-10,13,20H,3-5,7,11-12H2,1-2H3. The number of hydrogen-bond donors (Lipinski definition) is 1. The summed E-state index contributed by atoms with van der Waals surface area (Å²) in [5.41, 5.74) is 0.592. The molecule has 1 N–H and O–H groups in total. The highest BCUT2D eigenvalue weighted by molar-refractivity contribution is 5.94. The number of nitrogens with zero attached hydrogens (tertiary/aromatic N) is 1. The van der Waals surface area contributed by atoms with E-state index in [2.05, 4.69) is 18.8 Å². The lowest BCUT2D eigenvalue weighted by Gasteiger charge is -2.20. The molecule has 4 heteroatoms. The summed E-state index contributed by atoms with van der Waals surface area (Å²) in [7, 11) is 0. The Bertz CT molecular complexity index is 531. The molecule has 0 spiro atoms. The van der Waals surface area contributed by atoms with Crippen molar-refractivity contribution in [1.82, 2.24) is 4.90 Å². The van der Waals surface area contributed by atoms with E-state index < -0.39 is 5.82 Å². The number of rotatable bonds is 6. The van der Waals surface area contributed by atoms with Gasteiger partial charge in [0.05, 0.1) is 12.2 Å². The minimum absolute atomic E-state index is 0.0189. The van der Waals surface area contributed by atoms with Gasteiger partial charge in [0.1, 0.15) is 5.82 Å². The van der Waals surface area contributed by atoms with Gasteiger partial charge in [-0.15, -0.1) is 0 Å². The average Bonchev–Trinajstić information content (AvgIpc) is 2.48. The third kappa shape index (κ3) is 5.20. The Kier molecular flexibility index (Phi) is 7.49. The maximum absolute atomic E-state index is 14.1. The van der Waals surface area contributed by atoms with Crippen LogP contribution in [0.15, 0.2) is 18.2 Å². The molecule has 0 fully saturated rings. The van der Waals surface area contributed by atoms with E-state index in [0.29, 0.717) is 25.1 Å². The highest BCUT2D eigenvalue weighted by Crippen LogP contribution is 2.13. The minimum Gasteiger partial charge on any atom is -0.395 e. The van der Waals surface area contributed by atoms with Gasteiger partial charge in [-0.2, -0.15) is 0 Å². The molecule has 1 aromatic carbocycles. The first-order chi connectivity index (χ1) is 10.1. The Morgan fingerprint density at radius 3 is 2.71 bits per heavy atom. The van der Waals surface area contributed by atoms with E-state index in [9.17, 15) is 9.18 Å². The summed E-state index contributed by atoms with van der Waals surface area (Å²) >= 11 is 0. The Morgan fingerprint density at radius 2 is 2.14 bits per heavy atom. The normalized spacial score (nSPS) is 9.90. The second kappa shape index (κ2) is 9.15. The third-order valence-corrected chi connectivity index (χ3v) is 3.12. The maximum atomic E-state index is 14.1. The molecule has 0 radical (unpaired) electrons. The summed E-state index contributed by atoms with van der Waals surface area (Å²) in [5.74, 6) is 4.65. The fourth-order valence-corrected chi connectivity index (χ4v) is 1.91. The summed E-state index contributed by atoms with van der Waals surface area (Å²) < 4.78 is 14.1. The van der Waals surface area contributed by atoms with Crippen LogP contribution in [0.3, 0.4) is 0 Å². The molecule has 0 aromatic heterocycles. The van der Waals surface area contributed by atoms with E-state index in [1.54, 1.807) is 11.0 Å². The van der Waals surface area contributed by atoms with Crippen molar-refractivity contribution in [3.05, 3.63) is 35.1 Å². The number of halogens is 1. The average molecular weight is 291 g/mol. The summed E-state index contributed by atoms with van der Waals surface area (Å²) in [5, 5.41) is 8.65. The van der Waals surface area contributed by atoms with Crippen molar-refractivity contribution in [1.29, 1.82) is 0 Å². The zero-order valence-electron chi connectivity index (χ0n) is 12.7. The lowest BCUT2D eigenvalue weighted by Crippen LogP contribution is -2.32. The van der Waals surface area contributed by atoms with Crippen molar-refractivity contribution in [3.63, 3.8) is 0 Å². The molecule has 114 valence electrons. The van der Waals surface area contributed by atoms with Gasteiger partial charge in [-0.3, -0.25) is 4.79 Å². The molecule has 1 rings (SSSR count). The number of hydrogen-bond acceptors (Lipinski definition) is 2. The predicted octanol–water partition coefficient (Wildman–Crippen LogP) is 2.82. The van der Waals surface area contributed by atoms with Crippen molar-refractivity contribution in [2.45, 2.75) is 33.1 Å². The van der Waals surface area contributed by atoms with E-state index in [1.807, 2.05) is 6.92 Å². The summed E-state index contributed by atoms with van der Waals surface area (Å²) in [4.78, 5) is 13.9. The Labute approximate surface area is 125 Å². The molecule has 0 saturated heterocycles. The van der Waals surface area contributed by atoms with Crippen molar-refractivity contribution >= 4 is 5.91 Å². The van der Waals surface area contributed by atoms with Crippen LogP contribution in [-0.2, 0) is 0 Å². The first-order valence-electron chi connectivity index (χ1n) is 7.32. The molecule has 0 heterocycles. The largest absolute Gasteiger partial charge is 0.395 e. The van der Waals surface area contributed by atoms with Crippen LogP contribution in [0.5, 0.6) is 0 Å². The zero-order chi connectivity index (χ0) is 15.7. The Morgan fingerprint density at radius 1 is 1.38 bits per heavy atom. The fraction of sp³-hybridized carbons (Fsp3) is 0.471. The molecule has 0 aliphatic rings. The molecule has 0 bridgehead atoms. The number of unbranched alkanes of at least 4 members (excludes halogenated alkanes) is 1. The summed E-state index contributed by atoms with van der Waals surface area (Å²) in [6.45, 7) is 5.13. The van der Waals surface area contributed by atoms with Crippen LogP contribution in [0.25, 0.3) is 0 Å². The van der Waals surface area contributed by atoms with Crippen molar-refractivity contribution in [2.75, 3.05) is 19.7 Å². The Hall–Kier alpha value is -1.86. The summed E-state index contributed by atoms with van der Waals surface area (Å²) in [6, 6.07) is 4.38. The molecule has 0 saturated carbocycles. The quantitative estimate of drug-likeness (QED) is 0.819. The van der Waals surface area contributed by atoms with Gasteiger partial charge in [-0.05, 0) is 31.5 Å². The molecule has 0 aliphatic carbocycles. The van der Waals surface area contributed by atoms with Crippen LogP contribution in [0, 0.1) is 17.7 Å². The number of carbonyl (C=O) groups is 1. The van der Waals surface area contributed by atoms with Crippen molar-refractivity contribution in [3.8, 4) is 11.8 Å². The van der Waals surface area contributed by atoms with E-state index in [0.717, 1.165) is 12.8 Å². The van der Waals surface area contributed by atoms with Gasteiger partial charge >= 0.3 is 0 Å². The van der Waals surface area contributed by atoms with Gasteiger partial charge in [0, 0.05) is 25.1 Å². The Balaban J connectivity index is 2.88. The zero-order valence-corrected chi connectivity index (χ0v) is 12.7. The van der Waals surface area contributed by atoms with E-state index in [1.165, 1.54) is 12.1 Å². The van der Waals surface area contributed by atoms with Crippen molar-refractivity contribution < 1.29 is 14.3 Å². The number of benzene rings is 1. The highest BCUT2D eigenvalue weighted by Gasteiger charge is 2.17. The SMILES string of the molecule is CCCCN(CC)C(=O)c1ccc(C#CCCO)cc1F. The molecule has 0 aliphatic heterocycles. The van der Waals surface area contributed by atoms with Gasteiger partial charge in [-0.1, -0.05) is 25.2 Å². The third-order valence-electron chi connectivity index (χ3n) is 3.12. The second-order valence-corrected chi connectivity index (χ2v) is 4.71. The molecule has 1 amide bonds. The van der Waals surface area contributed by atoms with Gasteiger partial charge in [-0.25, -0.2) is 4.39 Å². The first kappa shape index (κ1) is 17.2. The van der Waals surface area contributed by atoms with E-state index in [-0.39, 0.29) is 18.1 Å². The smallest absolute Gasteiger partial charge is 0.256 e. The van der Waals surface area contributed by atoms with Gasteiger partial charge < -0.3 is 10.0 Å². The van der Waals surface area contributed by atoms with Crippen molar-refractivity contribution in [2.24, 2.45) is 0 Å². The number of amides is 1. The van der Waals surface area contributed by atoms with E-state index in [4.69, 9.17) is 5.11 Å². The number of aliphatic hydroxyl groups is 1. The second-order valence-electron chi connectivity index (χ2n) is 4.71. The van der Waals surface area contributed by atoms with Crippen LogP contribution in [0.1, 0.15) is 49.0 Å². The molecule has 3 nitrogen and oxygen atoms in total. The number of carbonyl (C=O) groups excluding carboxylic acids is 1. The van der Waals surface area contributed by atoms with Gasteiger partial charge in [0.15, 0.2) is 0 Å². The van der Waals surface area contributed by atoms with Crippen LogP contribution in [0.4, 0.5) is 4.39 Å². The van der Waals surface area contributed by atoms with Crippen LogP contribution >= 0.6 is 0 Å². The predicted molar refractivity (Wildman–Crippen MR) is 81.5 cm³/mol. The molecule has 0 atom stereocenters. The van der Waals surface area contributed by atoms with Crippen LogP contribution in [0.2, 0.25) is 0 Å². The molecular formula is C17H22FNO2. The molecule has 1 aromatic rings. The van der Waals surface area contributed by atoms with Gasteiger partial charge in [0.2, 0.25) is 0 Å². The van der Waals surface area contributed by atoms with Crippen LogP contribution < -0.4 is 0 Å². The maximum Gasteiger partial charge on any atom is 0.256 e. The van der Waals surface area contributed by atoms with Gasteiger partial charge in [0.25, 0.3) is 5.91 Å². The number of aliphatic hydroxyl groups excluding tert-OH is 1. The molecule has 0 unspecified atom stereocenters. The monoisotopic (exact) mass is 291 g/mol. The molecule has 21 heavy (non-hydrogen) atoms. The lowest BCUT2D eigenvalue weighted by molar-refractivity contribution is 0.0757. The van der Waals surface area contributed by atoms with E-state index >= 15 is 0 Å². The van der Waals surface area contributed by atoms with Crippen LogP contribution in [-0.4, -0.2) is 35.6 Å².